The van der Waals surface area contributed by atoms with E-state index >= 15 is 0 Å². The minimum Gasteiger partial charge on any atom is -0.360 e. The quantitative estimate of drug-likeness (QED) is 0.686. The van der Waals surface area contributed by atoms with Gasteiger partial charge in [-0.3, -0.25) is 0 Å². The van der Waals surface area contributed by atoms with E-state index in [0.29, 0.717) is 5.69 Å². The number of halogens is 4. The Hall–Kier alpha value is -1.26. The number of hydrogen-bond donors (Lipinski definition) is 0. The zero-order chi connectivity index (χ0) is 12.5. The summed E-state index contributed by atoms with van der Waals surface area (Å²) in [5.41, 5.74) is 0.502. The van der Waals surface area contributed by atoms with Crippen molar-refractivity contribution in [3.63, 3.8) is 0 Å². The van der Waals surface area contributed by atoms with Crippen LogP contribution in [0.5, 0.6) is 0 Å². The number of alkyl halides is 4. The van der Waals surface area contributed by atoms with Gasteiger partial charge in [0.05, 0.1) is 0 Å². The molecule has 2 unspecified atom stereocenters. The molecule has 1 nitrogen and oxygen atoms in total. The highest BCUT2D eigenvalue weighted by Crippen LogP contribution is 2.35. The monoisotopic (exact) mass is 247 g/mol. The van der Waals surface area contributed by atoms with E-state index in [4.69, 9.17) is 0 Å². The summed E-state index contributed by atoms with van der Waals surface area (Å²) < 4.78 is 51.7. The molecule has 5 heteroatoms. The zero-order valence-electron chi connectivity index (χ0n) is 9.12. The van der Waals surface area contributed by atoms with Crippen LogP contribution in [0.3, 0.4) is 0 Å². The molecule has 94 valence electrons. The fourth-order valence-electron chi connectivity index (χ4n) is 2.16. The van der Waals surface area contributed by atoms with Gasteiger partial charge in [0.25, 0.3) is 0 Å². The molecule has 17 heavy (non-hydrogen) atoms. The normalized spacial score (nSPS) is 26.0. The van der Waals surface area contributed by atoms with E-state index < -0.39 is 24.8 Å². The van der Waals surface area contributed by atoms with Gasteiger partial charge in [0, 0.05) is 18.7 Å². The van der Waals surface area contributed by atoms with Crippen molar-refractivity contribution in [2.24, 2.45) is 0 Å². The Morgan fingerprint density at radius 3 is 2.35 bits per heavy atom. The molecule has 0 radical (unpaired) electrons. The Morgan fingerprint density at radius 1 is 1.12 bits per heavy atom. The van der Waals surface area contributed by atoms with Gasteiger partial charge in [-0.15, -0.1) is 0 Å². The molecule has 0 spiro atoms. The topological polar surface area (TPSA) is 3.24 Å². The Bertz CT molecular complexity index is 363. The van der Waals surface area contributed by atoms with E-state index in [0.717, 1.165) is 0 Å². The van der Waals surface area contributed by atoms with Crippen molar-refractivity contribution >= 4 is 5.69 Å². The van der Waals surface area contributed by atoms with Crippen molar-refractivity contribution in [3.8, 4) is 0 Å². The second-order valence-electron chi connectivity index (χ2n) is 4.21. The van der Waals surface area contributed by atoms with E-state index in [2.05, 4.69) is 0 Å². The van der Waals surface area contributed by atoms with Crippen LogP contribution in [0.2, 0.25) is 0 Å². The molecular weight excluding hydrogens is 234 g/mol. The van der Waals surface area contributed by atoms with Gasteiger partial charge in [-0.1, -0.05) is 18.2 Å². The van der Waals surface area contributed by atoms with Gasteiger partial charge >= 0.3 is 6.18 Å². The predicted molar refractivity (Wildman–Crippen MR) is 57.8 cm³/mol. The molecule has 2 atom stereocenters. The lowest BCUT2D eigenvalue weighted by Gasteiger charge is -2.39. The van der Waals surface area contributed by atoms with Gasteiger partial charge in [0.1, 0.15) is 12.2 Å². The lowest BCUT2D eigenvalue weighted by atomic mass is 9.99. The van der Waals surface area contributed by atoms with Crippen molar-refractivity contribution in [1.82, 2.24) is 0 Å². The summed E-state index contributed by atoms with van der Waals surface area (Å²) in [4.78, 5) is 1.25. The lowest BCUT2D eigenvalue weighted by molar-refractivity contribution is -0.156. The van der Waals surface area contributed by atoms with Gasteiger partial charge in [-0.25, -0.2) is 4.39 Å². The van der Waals surface area contributed by atoms with Gasteiger partial charge in [0.15, 0.2) is 0 Å². The molecule has 1 heterocycles. The number of anilines is 1. The van der Waals surface area contributed by atoms with Crippen molar-refractivity contribution in [1.29, 1.82) is 0 Å². The predicted octanol–water partition coefficient (Wildman–Crippen LogP) is 3.56. The maximum Gasteiger partial charge on any atom is 0.408 e. The molecule has 1 aliphatic rings. The molecular formula is C12H13F4N. The summed E-state index contributed by atoms with van der Waals surface area (Å²) in [6.07, 6.45) is -6.07. The molecule has 0 N–H and O–H groups in total. The molecule has 1 saturated heterocycles. The Balaban J connectivity index is 2.25. The van der Waals surface area contributed by atoms with Crippen LogP contribution in [0, 0.1) is 0 Å². The molecule has 2 rings (SSSR count). The smallest absolute Gasteiger partial charge is 0.360 e. The molecule has 0 amide bonds. The van der Waals surface area contributed by atoms with E-state index in [-0.39, 0.29) is 13.0 Å². The highest BCUT2D eigenvalue weighted by Gasteiger charge is 2.47. The maximum absolute atomic E-state index is 13.1. The number of nitrogens with zero attached hydrogens (tertiary/aromatic N) is 1. The molecule has 0 aromatic heterocycles. The van der Waals surface area contributed by atoms with Crippen LogP contribution >= 0.6 is 0 Å². The summed E-state index contributed by atoms with van der Waals surface area (Å²) >= 11 is 0. The third-order valence-corrected chi connectivity index (χ3v) is 3.00. The average molecular weight is 247 g/mol. The fourth-order valence-corrected chi connectivity index (χ4v) is 2.16. The lowest BCUT2D eigenvalue weighted by Crippen LogP contribution is -2.51. The molecule has 1 aliphatic heterocycles. The summed E-state index contributed by atoms with van der Waals surface area (Å²) in [6, 6.07) is 6.64. The van der Waals surface area contributed by atoms with Crippen molar-refractivity contribution in [2.45, 2.75) is 31.2 Å². The van der Waals surface area contributed by atoms with E-state index in [9.17, 15) is 17.6 Å². The maximum atomic E-state index is 13.1. The second kappa shape index (κ2) is 4.55. The Morgan fingerprint density at radius 2 is 1.76 bits per heavy atom. The van der Waals surface area contributed by atoms with Crippen molar-refractivity contribution in [3.05, 3.63) is 30.3 Å². The summed E-state index contributed by atoms with van der Waals surface area (Å²) in [6.45, 7) is 0.107. The van der Waals surface area contributed by atoms with Crippen LogP contribution in [0.1, 0.15) is 12.8 Å². The largest absolute Gasteiger partial charge is 0.408 e. The number of piperidine rings is 1. The van der Waals surface area contributed by atoms with Gasteiger partial charge in [-0.2, -0.15) is 13.2 Å². The van der Waals surface area contributed by atoms with Crippen molar-refractivity contribution < 1.29 is 17.6 Å². The van der Waals surface area contributed by atoms with Crippen LogP contribution in [0.25, 0.3) is 0 Å². The molecule has 0 bridgehead atoms. The summed E-state index contributed by atoms with van der Waals surface area (Å²) in [7, 11) is 0. The molecule has 1 fully saturated rings. The van der Waals surface area contributed by atoms with Crippen molar-refractivity contribution in [2.75, 3.05) is 11.4 Å². The van der Waals surface area contributed by atoms with Crippen LogP contribution in [-0.4, -0.2) is 24.9 Å². The minimum absolute atomic E-state index is 0.107. The second-order valence-corrected chi connectivity index (χ2v) is 4.21. The number of benzene rings is 1. The molecule has 1 aromatic rings. The van der Waals surface area contributed by atoms with Gasteiger partial charge in [-0.05, 0) is 18.6 Å². The van der Waals surface area contributed by atoms with E-state index in [1.165, 1.54) is 4.90 Å². The first-order valence-electron chi connectivity index (χ1n) is 5.51. The van der Waals surface area contributed by atoms with Gasteiger partial charge in [0.2, 0.25) is 0 Å². The van der Waals surface area contributed by atoms with Crippen LogP contribution in [-0.2, 0) is 0 Å². The first kappa shape index (κ1) is 12.2. The molecule has 0 aliphatic carbocycles. The van der Waals surface area contributed by atoms with Crippen LogP contribution in [0.15, 0.2) is 30.3 Å². The number of hydrogen-bond acceptors (Lipinski definition) is 1. The summed E-state index contributed by atoms with van der Waals surface area (Å²) in [5.74, 6) is 0. The van der Waals surface area contributed by atoms with E-state index in [1.54, 1.807) is 30.3 Å². The first-order chi connectivity index (χ1) is 7.98. The van der Waals surface area contributed by atoms with Crippen LogP contribution < -0.4 is 4.90 Å². The van der Waals surface area contributed by atoms with Crippen LogP contribution in [0.4, 0.5) is 23.2 Å². The number of para-hydroxylation sites is 1. The SMILES string of the molecule is FC1CCN(c2ccccc2)C(C(F)(F)F)C1. The standard InChI is InChI=1S/C12H13F4N/c13-9-6-7-17(10-4-2-1-3-5-10)11(8-9)12(14,15)16/h1-5,9,11H,6-8H2. The first-order valence-corrected chi connectivity index (χ1v) is 5.51. The van der Waals surface area contributed by atoms with Gasteiger partial charge < -0.3 is 4.90 Å². The highest BCUT2D eigenvalue weighted by molar-refractivity contribution is 5.48. The highest BCUT2D eigenvalue weighted by atomic mass is 19.4. The fraction of sp³-hybridized carbons (Fsp3) is 0.500. The third kappa shape index (κ3) is 2.70. The Labute approximate surface area is 97.0 Å². The molecule has 0 saturated carbocycles. The Kier molecular flexibility index (Phi) is 3.26. The third-order valence-electron chi connectivity index (χ3n) is 3.00. The number of rotatable bonds is 1. The minimum atomic E-state index is -4.39. The van der Waals surface area contributed by atoms with E-state index in [1.807, 2.05) is 0 Å². The average Bonchev–Trinajstić information content (AvgIpc) is 2.29. The summed E-state index contributed by atoms with van der Waals surface area (Å²) in [5, 5.41) is 0. The zero-order valence-corrected chi connectivity index (χ0v) is 9.12. The molecule has 1 aromatic carbocycles.